The van der Waals surface area contributed by atoms with Gasteiger partial charge in [-0.25, -0.2) is 4.79 Å². The first-order chi connectivity index (χ1) is 11.3. The van der Waals surface area contributed by atoms with E-state index in [0.29, 0.717) is 11.1 Å². The van der Waals surface area contributed by atoms with E-state index in [-0.39, 0.29) is 12.2 Å². The van der Waals surface area contributed by atoms with Crippen LogP contribution in [0.1, 0.15) is 40.1 Å². The van der Waals surface area contributed by atoms with E-state index in [0.717, 1.165) is 0 Å². The Kier molecular flexibility index (Phi) is 5.26. The minimum absolute atomic E-state index is 0.0750. The van der Waals surface area contributed by atoms with Crippen LogP contribution >= 0.6 is 0 Å². The van der Waals surface area contributed by atoms with Gasteiger partial charge in [0.15, 0.2) is 5.78 Å². The van der Waals surface area contributed by atoms with Gasteiger partial charge in [-0.2, -0.15) is 0 Å². The fourth-order valence-electron chi connectivity index (χ4n) is 2.03. The van der Waals surface area contributed by atoms with Gasteiger partial charge >= 0.3 is 5.97 Å². The van der Waals surface area contributed by atoms with Crippen molar-refractivity contribution < 1.29 is 24.2 Å². The molecule has 0 aromatic heterocycles. The number of Topliss-reactive ketones (excluding diaryl/α,β-unsaturated/α-hetero) is 2. The molecule has 5 nitrogen and oxygen atoms in total. The molecule has 0 aliphatic carbocycles. The second kappa shape index (κ2) is 7.19. The Labute approximate surface area is 139 Å². The molecule has 5 heteroatoms. The van der Waals surface area contributed by atoms with Crippen molar-refractivity contribution in [2.24, 2.45) is 0 Å². The minimum Gasteiger partial charge on any atom is -0.455 e. The second-order valence-electron chi connectivity index (χ2n) is 5.86. The molecule has 0 radical (unpaired) electrons. The summed E-state index contributed by atoms with van der Waals surface area (Å²) in [5.41, 5.74) is -0.182. The zero-order valence-corrected chi connectivity index (χ0v) is 13.5. The average Bonchev–Trinajstić information content (AvgIpc) is 2.58. The molecular formula is C19H18O5. The first kappa shape index (κ1) is 17.6. The first-order valence-corrected chi connectivity index (χ1v) is 7.41. The van der Waals surface area contributed by atoms with Crippen LogP contribution in [0.15, 0.2) is 54.6 Å². The third-order valence-electron chi connectivity index (χ3n) is 3.36. The number of rotatable bonds is 6. The highest BCUT2D eigenvalue weighted by Crippen LogP contribution is 2.14. The van der Waals surface area contributed by atoms with E-state index < -0.39 is 23.1 Å². The lowest BCUT2D eigenvalue weighted by molar-refractivity contribution is -0.139. The number of hydrogen-bond donors (Lipinski definition) is 1. The Morgan fingerprint density at radius 3 is 2.04 bits per heavy atom. The molecule has 24 heavy (non-hydrogen) atoms. The quantitative estimate of drug-likeness (QED) is 0.501. The molecule has 2 rings (SSSR count). The fraction of sp³-hybridized carbons (Fsp3) is 0.211. The largest absolute Gasteiger partial charge is 0.455 e. The Bertz CT molecular complexity index is 740. The van der Waals surface area contributed by atoms with Crippen molar-refractivity contribution in [1.82, 2.24) is 0 Å². The van der Waals surface area contributed by atoms with Gasteiger partial charge in [0.05, 0.1) is 0 Å². The van der Waals surface area contributed by atoms with Crippen LogP contribution in [0, 0.1) is 0 Å². The SMILES string of the molecule is CC(C)(O)C(=O)c1ccc(COC(=O)C(=O)c2ccccc2)cc1. The van der Waals surface area contributed by atoms with Crippen LogP contribution < -0.4 is 0 Å². The van der Waals surface area contributed by atoms with Gasteiger partial charge in [-0.15, -0.1) is 0 Å². The van der Waals surface area contributed by atoms with E-state index in [4.69, 9.17) is 4.74 Å². The van der Waals surface area contributed by atoms with E-state index in [9.17, 15) is 19.5 Å². The van der Waals surface area contributed by atoms with Crippen LogP contribution in [0.5, 0.6) is 0 Å². The molecule has 0 bridgehead atoms. The summed E-state index contributed by atoms with van der Waals surface area (Å²) >= 11 is 0. The van der Waals surface area contributed by atoms with Crippen LogP contribution in [0.3, 0.4) is 0 Å². The van der Waals surface area contributed by atoms with E-state index in [1.165, 1.54) is 13.8 Å². The van der Waals surface area contributed by atoms with Crippen molar-refractivity contribution in [3.8, 4) is 0 Å². The third-order valence-corrected chi connectivity index (χ3v) is 3.36. The number of carbonyl (C=O) groups is 3. The van der Waals surface area contributed by atoms with E-state index in [1.54, 1.807) is 54.6 Å². The highest BCUT2D eigenvalue weighted by molar-refractivity contribution is 6.40. The van der Waals surface area contributed by atoms with Crippen molar-refractivity contribution in [3.05, 3.63) is 71.3 Å². The number of aliphatic hydroxyl groups is 1. The number of esters is 1. The summed E-state index contributed by atoms with van der Waals surface area (Å²) in [6.07, 6.45) is 0. The molecule has 0 aliphatic rings. The summed E-state index contributed by atoms with van der Waals surface area (Å²) in [5.74, 6) is -2.03. The van der Waals surface area contributed by atoms with Gasteiger partial charge in [-0.1, -0.05) is 54.6 Å². The van der Waals surface area contributed by atoms with Gasteiger partial charge in [-0.05, 0) is 19.4 Å². The molecule has 0 saturated heterocycles. The van der Waals surface area contributed by atoms with Crippen LogP contribution in [0.25, 0.3) is 0 Å². The summed E-state index contributed by atoms with van der Waals surface area (Å²) in [5, 5.41) is 9.70. The Balaban J connectivity index is 1.96. The van der Waals surface area contributed by atoms with Crippen molar-refractivity contribution in [2.45, 2.75) is 26.1 Å². The molecule has 0 amide bonds. The molecule has 124 valence electrons. The van der Waals surface area contributed by atoms with E-state index in [1.807, 2.05) is 0 Å². The molecule has 1 N–H and O–H groups in total. The van der Waals surface area contributed by atoms with E-state index in [2.05, 4.69) is 0 Å². The van der Waals surface area contributed by atoms with Crippen LogP contribution in [-0.2, 0) is 16.1 Å². The summed E-state index contributed by atoms with van der Waals surface area (Å²) in [6, 6.07) is 14.5. The maximum absolute atomic E-state index is 11.9. The standard InChI is InChI=1S/C19H18O5/c1-19(2,23)17(21)15-10-8-13(9-11-15)12-24-18(22)16(20)14-6-4-3-5-7-14/h3-11,23H,12H2,1-2H3. The molecule has 0 spiro atoms. The van der Waals surface area contributed by atoms with Crippen molar-refractivity contribution >= 4 is 17.5 Å². The van der Waals surface area contributed by atoms with Crippen LogP contribution in [0.4, 0.5) is 0 Å². The fourth-order valence-corrected chi connectivity index (χ4v) is 2.03. The molecular weight excluding hydrogens is 308 g/mol. The molecule has 0 fully saturated rings. The van der Waals surface area contributed by atoms with E-state index >= 15 is 0 Å². The lowest BCUT2D eigenvalue weighted by Gasteiger charge is -2.15. The topological polar surface area (TPSA) is 80.7 Å². The summed E-state index contributed by atoms with van der Waals surface area (Å²) in [7, 11) is 0. The lowest BCUT2D eigenvalue weighted by Crippen LogP contribution is -2.31. The lowest BCUT2D eigenvalue weighted by atomic mass is 9.96. The second-order valence-corrected chi connectivity index (χ2v) is 5.86. The third kappa shape index (κ3) is 4.36. The minimum atomic E-state index is -1.45. The molecule has 2 aromatic rings. The number of carbonyl (C=O) groups excluding carboxylic acids is 3. The zero-order valence-electron chi connectivity index (χ0n) is 13.5. The maximum Gasteiger partial charge on any atom is 0.380 e. The summed E-state index contributed by atoms with van der Waals surface area (Å²) in [6.45, 7) is 2.76. The van der Waals surface area contributed by atoms with Gasteiger partial charge in [0.2, 0.25) is 0 Å². The summed E-state index contributed by atoms with van der Waals surface area (Å²) < 4.78 is 4.99. The molecule has 0 heterocycles. The molecule has 0 saturated carbocycles. The highest BCUT2D eigenvalue weighted by atomic mass is 16.5. The monoisotopic (exact) mass is 326 g/mol. The van der Waals surface area contributed by atoms with Gasteiger partial charge in [0, 0.05) is 11.1 Å². The number of hydrogen-bond acceptors (Lipinski definition) is 5. The van der Waals surface area contributed by atoms with Crippen LogP contribution in [-0.4, -0.2) is 28.2 Å². The zero-order chi connectivity index (χ0) is 17.7. The predicted octanol–water partition coefficient (Wildman–Crippen LogP) is 2.57. The van der Waals surface area contributed by atoms with Crippen LogP contribution in [0.2, 0.25) is 0 Å². The van der Waals surface area contributed by atoms with Gasteiger partial charge < -0.3 is 9.84 Å². The number of ether oxygens (including phenoxy) is 1. The average molecular weight is 326 g/mol. The molecule has 2 aromatic carbocycles. The molecule has 0 atom stereocenters. The normalized spacial score (nSPS) is 11.0. The first-order valence-electron chi connectivity index (χ1n) is 7.41. The smallest absolute Gasteiger partial charge is 0.380 e. The Hall–Kier alpha value is -2.79. The van der Waals surface area contributed by atoms with Gasteiger partial charge in [-0.3, -0.25) is 9.59 Å². The van der Waals surface area contributed by atoms with Gasteiger partial charge in [0.1, 0.15) is 12.2 Å². The van der Waals surface area contributed by atoms with Crippen molar-refractivity contribution in [2.75, 3.05) is 0 Å². The number of ketones is 2. The van der Waals surface area contributed by atoms with Gasteiger partial charge in [0.25, 0.3) is 5.78 Å². The predicted molar refractivity (Wildman–Crippen MR) is 87.6 cm³/mol. The maximum atomic E-state index is 11.9. The Morgan fingerprint density at radius 2 is 1.50 bits per heavy atom. The van der Waals surface area contributed by atoms with Crippen molar-refractivity contribution in [1.29, 1.82) is 0 Å². The number of benzene rings is 2. The Morgan fingerprint density at radius 1 is 0.917 bits per heavy atom. The molecule has 0 aliphatic heterocycles. The highest BCUT2D eigenvalue weighted by Gasteiger charge is 2.25. The molecule has 0 unspecified atom stereocenters. The van der Waals surface area contributed by atoms with Crippen molar-refractivity contribution in [3.63, 3.8) is 0 Å². The summed E-state index contributed by atoms with van der Waals surface area (Å²) in [4.78, 5) is 35.5.